The second-order valence-corrected chi connectivity index (χ2v) is 5.58. The molecule has 4 heteroatoms. The molecule has 0 saturated heterocycles. The van der Waals surface area contributed by atoms with E-state index >= 15 is 0 Å². The lowest BCUT2D eigenvalue weighted by Gasteiger charge is -2.22. The van der Waals surface area contributed by atoms with Crippen LogP contribution in [-0.2, 0) is 19.3 Å². The van der Waals surface area contributed by atoms with E-state index < -0.39 is 11.7 Å². The summed E-state index contributed by atoms with van der Waals surface area (Å²) >= 11 is 0. The van der Waals surface area contributed by atoms with Crippen molar-refractivity contribution in [2.45, 2.75) is 33.1 Å². The fourth-order valence-corrected chi connectivity index (χ4v) is 2.86. The van der Waals surface area contributed by atoms with Crippen molar-refractivity contribution in [2.24, 2.45) is 0 Å². The van der Waals surface area contributed by atoms with Gasteiger partial charge in [0.25, 0.3) is 0 Å². The highest BCUT2D eigenvalue weighted by Crippen LogP contribution is 2.39. The first kappa shape index (κ1) is 14.0. The van der Waals surface area contributed by atoms with Gasteiger partial charge < -0.3 is 4.90 Å². The number of fused-ring (bicyclic) bond motifs is 1. The Bertz CT molecular complexity index is 658. The van der Waals surface area contributed by atoms with Gasteiger partial charge in [0, 0.05) is 18.8 Å². The smallest absolute Gasteiger partial charge is 0.362 e. The van der Waals surface area contributed by atoms with E-state index in [9.17, 15) is 13.2 Å². The molecule has 1 heterocycles. The summed E-state index contributed by atoms with van der Waals surface area (Å²) in [6, 6.07) is 9.96. The molecular weight excluding hydrogens is 275 g/mol. The Labute approximate surface area is 122 Å². The summed E-state index contributed by atoms with van der Waals surface area (Å²) < 4.78 is 39.4. The van der Waals surface area contributed by atoms with Crippen LogP contribution in [0.1, 0.15) is 27.8 Å². The highest BCUT2D eigenvalue weighted by molar-refractivity contribution is 5.58. The Morgan fingerprint density at radius 3 is 1.95 bits per heavy atom. The largest absolute Gasteiger partial charge is 0.418 e. The second kappa shape index (κ2) is 4.79. The summed E-state index contributed by atoms with van der Waals surface area (Å²) in [4.78, 5) is 1.80. The van der Waals surface area contributed by atoms with Gasteiger partial charge in [-0.05, 0) is 48.2 Å². The molecule has 0 aromatic heterocycles. The standard InChI is InChI=1S/C17H16F3N/c1-11-7-13-9-21(10-14(13)8-12(11)2)16-6-4-3-5-15(16)17(18,19)20/h3-8H,9-10H2,1-2H3. The van der Waals surface area contributed by atoms with Crippen molar-refractivity contribution in [3.05, 3.63) is 64.2 Å². The molecule has 21 heavy (non-hydrogen) atoms. The number of halogens is 3. The van der Waals surface area contributed by atoms with Crippen LogP contribution in [-0.4, -0.2) is 0 Å². The van der Waals surface area contributed by atoms with Gasteiger partial charge in [0.1, 0.15) is 0 Å². The Morgan fingerprint density at radius 1 is 0.905 bits per heavy atom. The van der Waals surface area contributed by atoms with Crippen LogP contribution in [0.5, 0.6) is 0 Å². The van der Waals surface area contributed by atoms with Crippen LogP contribution in [0, 0.1) is 13.8 Å². The number of benzene rings is 2. The minimum atomic E-state index is -4.32. The van der Waals surface area contributed by atoms with Crippen LogP contribution in [0.3, 0.4) is 0 Å². The highest BCUT2D eigenvalue weighted by Gasteiger charge is 2.35. The predicted molar refractivity (Wildman–Crippen MR) is 77.2 cm³/mol. The van der Waals surface area contributed by atoms with Gasteiger partial charge in [-0.3, -0.25) is 0 Å². The van der Waals surface area contributed by atoms with E-state index in [2.05, 4.69) is 12.1 Å². The predicted octanol–water partition coefficient (Wildman–Crippen LogP) is 4.84. The number of nitrogens with zero attached hydrogens (tertiary/aromatic N) is 1. The molecule has 1 aliphatic heterocycles. The third-order valence-electron chi connectivity index (χ3n) is 4.09. The molecular formula is C17H16F3N. The number of alkyl halides is 3. The molecule has 0 bridgehead atoms. The molecule has 0 spiro atoms. The summed E-state index contributed by atoms with van der Waals surface area (Å²) in [6.07, 6.45) is -4.32. The molecule has 0 radical (unpaired) electrons. The Balaban J connectivity index is 1.99. The number of para-hydroxylation sites is 1. The maximum absolute atomic E-state index is 13.1. The van der Waals surface area contributed by atoms with E-state index in [0.717, 1.165) is 17.2 Å². The van der Waals surface area contributed by atoms with Gasteiger partial charge in [0.15, 0.2) is 0 Å². The van der Waals surface area contributed by atoms with Crippen LogP contribution in [0.4, 0.5) is 18.9 Å². The van der Waals surface area contributed by atoms with Crippen molar-refractivity contribution in [3.8, 4) is 0 Å². The lowest BCUT2D eigenvalue weighted by molar-refractivity contribution is -0.137. The van der Waals surface area contributed by atoms with E-state index in [1.807, 2.05) is 13.8 Å². The quantitative estimate of drug-likeness (QED) is 0.726. The maximum atomic E-state index is 13.1. The fourth-order valence-electron chi connectivity index (χ4n) is 2.86. The number of hydrogen-bond donors (Lipinski definition) is 0. The zero-order valence-electron chi connectivity index (χ0n) is 12.0. The van der Waals surface area contributed by atoms with Gasteiger partial charge in [-0.2, -0.15) is 13.2 Å². The third kappa shape index (κ3) is 2.50. The van der Waals surface area contributed by atoms with Gasteiger partial charge in [-0.15, -0.1) is 0 Å². The monoisotopic (exact) mass is 291 g/mol. The number of hydrogen-bond acceptors (Lipinski definition) is 1. The molecule has 0 unspecified atom stereocenters. The lowest BCUT2D eigenvalue weighted by atomic mass is 10.0. The van der Waals surface area contributed by atoms with Crippen LogP contribution in [0.15, 0.2) is 36.4 Å². The molecule has 3 rings (SSSR count). The van der Waals surface area contributed by atoms with Crippen molar-refractivity contribution in [1.82, 2.24) is 0 Å². The molecule has 0 fully saturated rings. The normalized spacial score (nSPS) is 14.4. The van der Waals surface area contributed by atoms with Crippen LogP contribution in [0.2, 0.25) is 0 Å². The van der Waals surface area contributed by atoms with Crippen molar-refractivity contribution in [3.63, 3.8) is 0 Å². The van der Waals surface area contributed by atoms with Gasteiger partial charge in [0.05, 0.1) is 5.56 Å². The molecule has 0 atom stereocenters. The summed E-state index contributed by atoms with van der Waals surface area (Å²) in [5.74, 6) is 0. The maximum Gasteiger partial charge on any atom is 0.418 e. The highest BCUT2D eigenvalue weighted by atomic mass is 19.4. The van der Waals surface area contributed by atoms with Gasteiger partial charge in [-0.1, -0.05) is 24.3 Å². The molecule has 2 aromatic carbocycles. The lowest BCUT2D eigenvalue weighted by Crippen LogP contribution is -2.19. The van der Waals surface area contributed by atoms with Crippen molar-refractivity contribution < 1.29 is 13.2 Å². The molecule has 2 aromatic rings. The number of anilines is 1. The zero-order valence-corrected chi connectivity index (χ0v) is 12.0. The Kier molecular flexibility index (Phi) is 3.19. The first-order chi connectivity index (χ1) is 9.86. The van der Waals surface area contributed by atoms with Gasteiger partial charge >= 0.3 is 6.18 Å². The van der Waals surface area contributed by atoms with Crippen molar-refractivity contribution in [2.75, 3.05) is 4.90 Å². The molecule has 0 saturated carbocycles. The second-order valence-electron chi connectivity index (χ2n) is 5.58. The molecule has 0 amide bonds. The molecule has 0 N–H and O–H groups in total. The van der Waals surface area contributed by atoms with E-state index in [4.69, 9.17) is 0 Å². The number of aryl methyl sites for hydroxylation is 2. The molecule has 1 aliphatic rings. The van der Waals surface area contributed by atoms with E-state index in [1.54, 1.807) is 17.0 Å². The van der Waals surface area contributed by atoms with Crippen LogP contribution >= 0.6 is 0 Å². The van der Waals surface area contributed by atoms with Crippen LogP contribution < -0.4 is 4.90 Å². The summed E-state index contributed by atoms with van der Waals surface area (Å²) in [5.41, 5.74) is 4.30. The average molecular weight is 291 g/mol. The SMILES string of the molecule is Cc1cc2c(cc1C)CN(c1ccccc1C(F)(F)F)C2. The Hall–Kier alpha value is -1.97. The summed E-state index contributed by atoms with van der Waals surface area (Å²) in [7, 11) is 0. The zero-order chi connectivity index (χ0) is 15.2. The van der Waals surface area contributed by atoms with Gasteiger partial charge in [0.2, 0.25) is 0 Å². The summed E-state index contributed by atoms with van der Waals surface area (Å²) in [6.45, 7) is 5.12. The minimum absolute atomic E-state index is 0.261. The number of rotatable bonds is 1. The molecule has 1 nitrogen and oxygen atoms in total. The molecule has 0 aliphatic carbocycles. The fraction of sp³-hybridized carbons (Fsp3) is 0.294. The topological polar surface area (TPSA) is 3.24 Å². The Morgan fingerprint density at radius 2 is 1.43 bits per heavy atom. The first-order valence-corrected chi connectivity index (χ1v) is 6.86. The van der Waals surface area contributed by atoms with Gasteiger partial charge in [-0.25, -0.2) is 0 Å². The minimum Gasteiger partial charge on any atom is -0.362 e. The average Bonchev–Trinajstić information content (AvgIpc) is 2.81. The van der Waals surface area contributed by atoms with E-state index in [0.29, 0.717) is 13.1 Å². The van der Waals surface area contributed by atoms with Crippen molar-refractivity contribution in [1.29, 1.82) is 0 Å². The molecule has 110 valence electrons. The van der Waals surface area contributed by atoms with E-state index in [-0.39, 0.29) is 5.69 Å². The van der Waals surface area contributed by atoms with Crippen LogP contribution in [0.25, 0.3) is 0 Å². The summed E-state index contributed by atoms with van der Waals surface area (Å²) in [5, 5.41) is 0. The van der Waals surface area contributed by atoms with E-state index in [1.165, 1.54) is 17.2 Å². The van der Waals surface area contributed by atoms with Crippen molar-refractivity contribution >= 4 is 5.69 Å². The third-order valence-corrected chi connectivity index (χ3v) is 4.09. The first-order valence-electron chi connectivity index (χ1n) is 6.86.